The number of benzene rings is 2. The van der Waals surface area contributed by atoms with Crippen molar-refractivity contribution in [2.24, 2.45) is 0 Å². The number of nitrogens with one attached hydrogen (secondary N) is 2. The van der Waals surface area contributed by atoms with Gasteiger partial charge in [0.05, 0.1) is 25.0 Å². The van der Waals surface area contributed by atoms with Crippen molar-refractivity contribution in [3.05, 3.63) is 83.3 Å². The van der Waals surface area contributed by atoms with E-state index in [1.165, 1.54) is 10.6 Å². The number of terminal acetylenes is 1. The van der Waals surface area contributed by atoms with Crippen LogP contribution in [0.25, 0.3) is 16.7 Å². The molecule has 0 radical (unpaired) electrons. The Hall–Kier alpha value is -5.14. The molecule has 1 aliphatic rings. The summed E-state index contributed by atoms with van der Waals surface area (Å²) in [5.41, 5.74) is 3.76. The number of aromatic nitrogens is 3. The highest BCUT2D eigenvalue weighted by Crippen LogP contribution is 2.32. The Morgan fingerprint density at radius 2 is 1.95 bits per heavy atom. The predicted molar refractivity (Wildman–Crippen MR) is 162 cm³/mol. The highest BCUT2D eigenvalue weighted by molar-refractivity contribution is 5.99. The molecule has 2 aromatic carbocycles. The number of carbonyl (C=O) groups is 1. The number of piperazine rings is 1. The summed E-state index contributed by atoms with van der Waals surface area (Å²) in [6.45, 7) is 9.56. The lowest BCUT2D eigenvalue weighted by Crippen LogP contribution is -2.46. The molecule has 10 nitrogen and oxygen atoms in total. The van der Waals surface area contributed by atoms with Gasteiger partial charge in [0.2, 0.25) is 11.9 Å². The lowest BCUT2D eigenvalue weighted by atomic mass is 10.2. The smallest absolute Gasteiger partial charge is 0.257 e. The molecule has 41 heavy (non-hydrogen) atoms. The average molecular weight is 550 g/mol. The number of carbonyl (C=O) groups excluding carboxylic acids is 1. The second-order valence-corrected chi connectivity index (χ2v) is 9.65. The first kappa shape index (κ1) is 27.4. The molecule has 3 heterocycles. The first-order valence-corrected chi connectivity index (χ1v) is 13.2. The normalized spacial score (nSPS) is 13.4. The number of anilines is 4. The van der Waals surface area contributed by atoms with E-state index < -0.39 is 0 Å². The number of aryl methyl sites for hydroxylation is 1. The highest BCUT2D eigenvalue weighted by Gasteiger charge is 2.18. The van der Waals surface area contributed by atoms with Gasteiger partial charge in [-0.05, 0) is 48.9 Å². The van der Waals surface area contributed by atoms with E-state index in [1.807, 2.05) is 25.1 Å². The zero-order valence-corrected chi connectivity index (χ0v) is 23.1. The number of rotatable bonds is 8. The Balaban J connectivity index is 1.47. The van der Waals surface area contributed by atoms with E-state index >= 15 is 0 Å². The molecule has 0 aliphatic carbocycles. The fourth-order valence-corrected chi connectivity index (χ4v) is 4.87. The summed E-state index contributed by atoms with van der Waals surface area (Å²) in [4.78, 5) is 38.8. The molecular formula is C31H31N7O3. The molecule has 5 rings (SSSR count). The number of hydrogen-bond donors (Lipinski definition) is 2. The van der Waals surface area contributed by atoms with Crippen LogP contribution in [0.1, 0.15) is 5.56 Å². The number of nitrogens with zero attached hydrogens (tertiary/aromatic N) is 5. The van der Waals surface area contributed by atoms with Crippen molar-refractivity contribution >= 4 is 40.0 Å². The molecule has 10 heteroatoms. The van der Waals surface area contributed by atoms with E-state index in [2.05, 4.69) is 37.9 Å². The van der Waals surface area contributed by atoms with Crippen LogP contribution in [0.2, 0.25) is 0 Å². The largest absolute Gasteiger partial charge is 0.494 e. The van der Waals surface area contributed by atoms with Crippen molar-refractivity contribution in [2.75, 3.05) is 55.4 Å². The highest BCUT2D eigenvalue weighted by atomic mass is 16.5. The summed E-state index contributed by atoms with van der Waals surface area (Å²) in [6, 6.07) is 14.5. The molecule has 0 atom stereocenters. The van der Waals surface area contributed by atoms with Gasteiger partial charge in [-0.15, -0.1) is 6.42 Å². The minimum atomic E-state index is -0.344. The van der Waals surface area contributed by atoms with Crippen LogP contribution in [0, 0.1) is 19.3 Å². The first-order valence-electron chi connectivity index (χ1n) is 13.2. The van der Waals surface area contributed by atoms with E-state index in [1.54, 1.807) is 43.6 Å². The number of fused-ring (bicyclic) bond motifs is 1. The maximum absolute atomic E-state index is 13.2. The lowest BCUT2D eigenvalue weighted by molar-refractivity contribution is -0.111. The van der Waals surface area contributed by atoms with Crippen LogP contribution in [0.3, 0.4) is 0 Å². The summed E-state index contributed by atoms with van der Waals surface area (Å²) in [6.07, 6.45) is 8.34. The van der Waals surface area contributed by atoms with Crippen molar-refractivity contribution in [1.82, 2.24) is 19.4 Å². The Kier molecular flexibility index (Phi) is 7.99. The summed E-state index contributed by atoms with van der Waals surface area (Å²) in [5.74, 6) is 3.32. The molecule has 0 saturated carbocycles. The third kappa shape index (κ3) is 5.90. The minimum Gasteiger partial charge on any atom is -0.494 e. The molecule has 208 valence electrons. The Bertz CT molecular complexity index is 1720. The van der Waals surface area contributed by atoms with Crippen molar-refractivity contribution in [3.63, 3.8) is 0 Å². The van der Waals surface area contributed by atoms with Gasteiger partial charge in [0.25, 0.3) is 5.56 Å². The molecule has 0 bridgehead atoms. The lowest BCUT2D eigenvalue weighted by Gasteiger charge is -2.35. The second-order valence-electron chi connectivity index (χ2n) is 9.65. The van der Waals surface area contributed by atoms with Gasteiger partial charge in [0.1, 0.15) is 5.75 Å². The standard InChI is InChI=1S/C31H31N7O3/c1-5-12-36-13-15-37(16-14-36)23-10-11-26(27(19-23)41-4)34-31-32-20-25-21(3)17-29(40)38(30(25)35-31)24-9-7-8-22(18-24)33-28(39)6-2/h1,6-11,17-20H,2,12-16H2,3-4H3,(H,33,39)(H,32,34,35). The maximum atomic E-state index is 13.2. The summed E-state index contributed by atoms with van der Waals surface area (Å²) < 4.78 is 7.20. The Morgan fingerprint density at radius 3 is 2.68 bits per heavy atom. The van der Waals surface area contributed by atoms with Crippen molar-refractivity contribution < 1.29 is 9.53 Å². The Morgan fingerprint density at radius 1 is 1.15 bits per heavy atom. The van der Waals surface area contributed by atoms with Crippen LogP contribution >= 0.6 is 0 Å². The topological polar surface area (TPSA) is 105 Å². The zero-order chi connectivity index (χ0) is 28.9. The molecule has 2 N–H and O–H groups in total. The van der Waals surface area contributed by atoms with Gasteiger partial charge in [-0.1, -0.05) is 18.6 Å². The predicted octanol–water partition coefficient (Wildman–Crippen LogP) is 3.72. The number of ether oxygens (including phenoxy) is 1. The summed E-state index contributed by atoms with van der Waals surface area (Å²) in [5, 5.41) is 6.70. The molecule has 4 aromatic rings. The van der Waals surface area contributed by atoms with E-state index in [9.17, 15) is 9.59 Å². The molecule has 0 spiro atoms. The minimum absolute atomic E-state index is 0.254. The van der Waals surface area contributed by atoms with Gasteiger partial charge in [0.15, 0.2) is 5.65 Å². The number of hydrogen-bond acceptors (Lipinski definition) is 8. The van der Waals surface area contributed by atoms with Gasteiger partial charge >= 0.3 is 0 Å². The second kappa shape index (κ2) is 11.9. The zero-order valence-electron chi connectivity index (χ0n) is 23.1. The van der Waals surface area contributed by atoms with E-state index in [0.717, 1.165) is 42.8 Å². The van der Waals surface area contributed by atoms with Crippen LogP contribution in [-0.4, -0.2) is 65.2 Å². The molecular weight excluding hydrogens is 518 g/mol. The molecule has 1 aliphatic heterocycles. The van der Waals surface area contributed by atoms with Crippen LogP contribution in [0.4, 0.5) is 23.0 Å². The van der Waals surface area contributed by atoms with Gasteiger partial charge in [0, 0.05) is 61.3 Å². The van der Waals surface area contributed by atoms with Gasteiger partial charge in [-0.3, -0.25) is 19.1 Å². The van der Waals surface area contributed by atoms with Crippen LogP contribution in [0.5, 0.6) is 5.75 Å². The van der Waals surface area contributed by atoms with E-state index in [0.29, 0.717) is 41.0 Å². The van der Waals surface area contributed by atoms with Crippen LogP contribution in [0.15, 0.2) is 72.2 Å². The van der Waals surface area contributed by atoms with Gasteiger partial charge in [-0.25, -0.2) is 4.98 Å². The van der Waals surface area contributed by atoms with Gasteiger partial charge < -0.3 is 20.3 Å². The SMILES string of the molecule is C#CCN1CCN(c2ccc(Nc3ncc4c(C)cc(=O)n(-c5cccc(NC(=O)C=C)c5)c4n3)c(OC)c2)CC1. The van der Waals surface area contributed by atoms with Crippen LogP contribution in [-0.2, 0) is 4.79 Å². The first-order chi connectivity index (χ1) is 19.9. The van der Waals surface area contributed by atoms with E-state index in [4.69, 9.17) is 16.1 Å². The maximum Gasteiger partial charge on any atom is 0.257 e. The number of pyridine rings is 1. The fraction of sp³-hybridized carbons (Fsp3) is 0.226. The number of methoxy groups -OCH3 is 1. The van der Waals surface area contributed by atoms with Gasteiger partial charge in [-0.2, -0.15) is 4.98 Å². The average Bonchev–Trinajstić information content (AvgIpc) is 2.98. The van der Waals surface area contributed by atoms with Crippen molar-refractivity contribution in [1.29, 1.82) is 0 Å². The van der Waals surface area contributed by atoms with Crippen molar-refractivity contribution in [3.8, 4) is 23.8 Å². The summed E-state index contributed by atoms with van der Waals surface area (Å²) >= 11 is 0. The van der Waals surface area contributed by atoms with Crippen molar-refractivity contribution in [2.45, 2.75) is 6.92 Å². The van der Waals surface area contributed by atoms with Crippen LogP contribution < -0.4 is 25.8 Å². The Labute approximate surface area is 238 Å². The monoisotopic (exact) mass is 549 g/mol. The number of amides is 1. The third-order valence-corrected chi connectivity index (χ3v) is 7.01. The molecule has 0 unspecified atom stereocenters. The van der Waals surface area contributed by atoms with E-state index in [-0.39, 0.29) is 11.5 Å². The summed E-state index contributed by atoms with van der Waals surface area (Å²) in [7, 11) is 1.62. The third-order valence-electron chi connectivity index (χ3n) is 7.01. The molecule has 1 fully saturated rings. The fourth-order valence-electron chi connectivity index (χ4n) is 4.87. The molecule has 1 amide bonds. The molecule has 2 aromatic heterocycles. The quantitative estimate of drug-likeness (QED) is 0.253. The molecule has 1 saturated heterocycles.